The zero-order chi connectivity index (χ0) is 21.6. The number of H-pyrrole nitrogens is 1. The van der Waals surface area contributed by atoms with E-state index in [1.165, 1.54) is 31.4 Å². The first-order chi connectivity index (χ1) is 14.9. The number of benzene rings is 1. The summed E-state index contributed by atoms with van der Waals surface area (Å²) in [7, 11) is 0. The molecule has 2 atom stereocenters. The van der Waals surface area contributed by atoms with Crippen molar-refractivity contribution in [3.63, 3.8) is 0 Å². The normalized spacial score (nSPS) is 24.9. The molecule has 1 spiro atoms. The van der Waals surface area contributed by atoms with Gasteiger partial charge in [0.15, 0.2) is 0 Å². The van der Waals surface area contributed by atoms with Crippen LogP contribution >= 0.6 is 0 Å². The quantitative estimate of drug-likeness (QED) is 0.795. The van der Waals surface area contributed by atoms with Gasteiger partial charge in [0.25, 0.3) is 5.56 Å². The number of aryl methyl sites for hydroxylation is 2. The van der Waals surface area contributed by atoms with E-state index in [0.717, 1.165) is 68.1 Å². The van der Waals surface area contributed by atoms with E-state index in [1.54, 1.807) is 0 Å². The van der Waals surface area contributed by atoms with Gasteiger partial charge in [-0.3, -0.25) is 9.69 Å². The predicted octanol–water partition coefficient (Wildman–Crippen LogP) is 3.71. The first-order valence-electron chi connectivity index (χ1n) is 11.8. The molecule has 0 bridgehead atoms. The monoisotopic (exact) mass is 424 g/mol. The smallest absolute Gasteiger partial charge is 0.254 e. The average molecular weight is 425 g/mol. The van der Waals surface area contributed by atoms with Crippen LogP contribution in [0, 0.1) is 11.2 Å². The fraction of sp³-hybridized carbons (Fsp3) is 0.600. The van der Waals surface area contributed by atoms with Gasteiger partial charge < -0.3 is 9.88 Å². The van der Waals surface area contributed by atoms with Crippen LogP contribution in [0.1, 0.15) is 56.6 Å². The number of anilines is 1. The number of aromatic amines is 1. The van der Waals surface area contributed by atoms with E-state index in [0.29, 0.717) is 17.5 Å². The average Bonchev–Trinajstić information content (AvgIpc) is 3.50. The van der Waals surface area contributed by atoms with Gasteiger partial charge in [-0.2, -0.15) is 0 Å². The molecule has 6 heteroatoms. The number of nitrogens with one attached hydrogen (secondary N) is 1. The van der Waals surface area contributed by atoms with Crippen LogP contribution in [-0.2, 0) is 19.3 Å². The van der Waals surface area contributed by atoms with Gasteiger partial charge in [-0.25, -0.2) is 9.37 Å². The molecule has 2 aromatic rings. The van der Waals surface area contributed by atoms with Crippen molar-refractivity contribution < 1.29 is 4.39 Å². The van der Waals surface area contributed by atoms with Crippen LogP contribution in [0.15, 0.2) is 29.1 Å². The number of aromatic nitrogens is 2. The van der Waals surface area contributed by atoms with Crippen molar-refractivity contribution >= 4 is 5.69 Å². The van der Waals surface area contributed by atoms with Gasteiger partial charge in [-0.05, 0) is 88.6 Å². The highest BCUT2D eigenvalue weighted by atomic mass is 19.1. The highest BCUT2D eigenvalue weighted by Crippen LogP contribution is 2.53. The van der Waals surface area contributed by atoms with Gasteiger partial charge in [-0.15, -0.1) is 0 Å². The summed E-state index contributed by atoms with van der Waals surface area (Å²) < 4.78 is 13.2. The van der Waals surface area contributed by atoms with E-state index in [9.17, 15) is 9.18 Å². The van der Waals surface area contributed by atoms with Crippen molar-refractivity contribution in [1.29, 1.82) is 0 Å². The molecule has 1 saturated heterocycles. The Bertz CT molecular complexity index is 986. The molecule has 31 heavy (non-hydrogen) atoms. The molecule has 5 nitrogen and oxygen atoms in total. The number of nitrogens with zero attached hydrogens (tertiary/aromatic N) is 3. The first-order valence-corrected chi connectivity index (χ1v) is 11.8. The topological polar surface area (TPSA) is 52.2 Å². The summed E-state index contributed by atoms with van der Waals surface area (Å²) in [5.74, 6) is 0.658. The maximum absolute atomic E-state index is 13.2. The SMILES string of the molecule is CC1CN(c2ccc(F)cc2)CC(C)N1CCCc1nc2c(c(=O)[nH]1)CC1(CC2)CC1. The van der Waals surface area contributed by atoms with Crippen LogP contribution < -0.4 is 10.5 Å². The summed E-state index contributed by atoms with van der Waals surface area (Å²) in [5.41, 5.74) is 3.62. The fourth-order valence-electron chi connectivity index (χ4n) is 5.64. The third-order valence-electron chi connectivity index (χ3n) is 7.67. The second kappa shape index (κ2) is 8.05. The van der Waals surface area contributed by atoms with Crippen molar-refractivity contribution in [1.82, 2.24) is 14.9 Å². The maximum Gasteiger partial charge on any atom is 0.254 e. The van der Waals surface area contributed by atoms with E-state index in [4.69, 9.17) is 4.98 Å². The molecule has 1 aliphatic heterocycles. The van der Waals surface area contributed by atoms with Gasteiger partial charge in [0.05, 0.1) is 5.69 Å². The predicted molar refractivity (Wildman–Crippen MR) is 121 cm³/mol. The molecule has 166 valence electrons. The third kappa shape index (κ3) is 4.27. The van der Waals surface area contributed by atoms with Crippen LogP contribution in [0.3, 0.4) is 0 Å². The Labute approximate surface area is 183 Å². The van der Waals surface area contributed by atoms with Crippen molar-refractivity contribution in [3.8, 4) is 0 Å². The number of hydrogen-bond donors (Lipinski definition) is 1. The summed E-state index contributed by atoms with van der Waals surface area (Å²) in [6.07, 6.45) is 7.44. The Hall–Kier alpha value is -2.21. The molecule has 2 fully saturated rings. The molecule has 2 heterocycles. The molecule has 1 saturated carbocycles. The maximum atomic E-state index is 13.2. The summed E-state index contributed by atoms with van der Waals surface area (Å²) in [6.45, 7) is 7.39. The fourth-order valence-corrected chi connectivity index (χ4v) is 5.64. The molecule has 2 aliphatic carbocycles. The Balaban J connectivity index is 1.18. The number of fused-ring (bicyclic) bond motifs is 1. The Morgan fingerprint density at radius 1 is 1.13 bits per heavy atom. The van der Waals surface area contributed by atoms with Gasteiger partial charge in [0.2, 0.25) is 0 Å². The van der Waals surface area contributed by atoms with Gasteiger partial charge >= 0.3 is 0 Å². The first kappa shape index (κ1) is 20.7. The second-order valence-electron chi connectivity index (χ2n) is 10.0. The molecule has 1 aromatic carbocycles. The minimum absolute atomic E-state index is 0.0978. The number of hydrogen-bond acceptors (Lipinski definition) is 4. The molecule has 2 unspecified atom stereocenters. The molecule has 3 aliphatic rings. The molecule has 0 amide bonds. The second-order valence-corrected chi connectivity index (χ2v) is 10.0. The van der Waals surface area contributed by atoms with Crippen LogP contribution in [0.2, 0.25) is 0 Å². The summed E-state index contributed by atoms with van der Waals surface area (Å²) in [4.78, 5) is 25.4. The van der Waals surface area contributed by atoms with Gasteiger partial charge in [0.1, 0.15) is 11.6 Å². The lowest BCUT2D eigenvalue weighted by Crippen LogP contribution is -2.57. The molecule has 1 aromatic heterocycles. The largest absolute Gasteiger partial charge is 0.368 e. The summed E-state index contributed by atoms with van der Waals surface area (Å²) >= 11 is 0. The van der Waals surface area contributed by atoms with Gasteiger partial charge in [-0.1, -0.05) is 0 Å². The Kier molecular flexibility index (Phi) is 5.37. The Morgan fingerprint density at radius 3 is 2.52 bits per heavy atom. The molecule has 0 radical (unpaired) electrons. The van der Waals surface area contributed by atoms with Crippen molar-refractivity contribution in [2.45, 2.75) is 70.9 Å². The minimum Gasteiger partial charge on any atom is -0.368 e. The number of halogens is 1. The van der Waals surface area contributed by atoms with Crippen LogP contribution in [0.4, 0.5) is 10.1 Å². The van der Waals surface area contributed by atoms with Crippen LogP contribution in [0.5, 0.6) is 0 Å². The molecule has 1 N–H and O–H groups in total. The third-order valence-corrected chi connectivity index (χ3v) is 7.67. The summed E-state index contributed by atoms with van der Waals surface area (Å²) in [6, 6.07) is 7.64. The van der Waals surface area contributed by atoms with E-state index >= 15 is 0 Å². The molecular weight excluding hydrogens is 391 g/mol. The highest BCUT2D eigenvalue weighted by Gasteiger charge is 2.45. The zero-order valence-electron chi connectivity index (χ0n) is 18.7. The highest BCUT2D eigenvalue weighted by molar-refractivity contribution is 5.47. The van der Waals surface area contributed by atoms with E-state index in [2.05, 4.69) is 28.6 Å². The van der Waals surface area contributed by atoms with Crippen molar-refractivity contribution in [2.75, 3.05) is 24.5 Å². The van der Waals surface area contributed by atoms with E-state index < -0.39 is 0 Å². The standard InChI is InChI=1S/C25H33FN4O/c1-17-15-29(20-7-5-19(26)6-8-20)16-18(2)30(17)13-3-4-23-27-22-9-10-25(11-12-25)14-21(22)24(31)28-23/h5-8,17-18H,3-4,9-16H2,1-2H3,(H,27,28,31). The van der Waals surface area contributed by atoms with Crippen LogP contribution in [-0.4, -0.2) is 46.6 Å². The minimum atomic E-state index is -0.190. The lowest BCUT2D eigenvalue weighted by atomic mass is 9.84. The van der Waals surface area contributed by atoms with Crippen molar-refractivity contribution in [3.05, 3.63) is 57.5 Å². The van der Waals surface area contributed by atoms with E-state index in [-0.39, 0.29) is 11.4 Å². The van der Waals surface area contributed by atoms with Crippen molar-refractivity contribution in [2.24, 2.45) is 5.41 Å². The molecular formula is C25H33FN4O. The Morgan fingerprint density at radius 2 is 1.84 bits per heavy atom. The lowest BCUT2D eigenvalue weighted by Gasteiger charge is -2.45. The lowest BCUT2D eigenvalue weighted by molar-refractivity contribution is 0.130. The number of rotatable bonds is 5. The number of piperazine rings is 1. The summed E-state index contributed by atoms with van der Waals surface area (Å²) in [5, 5.41) is 0. The van der Waals surface area contributed by atoms with Gasteiger partial charge in [0, 0.05) is 42.8 Å². The van der Waals surface area contributed by atoms with Crippen LogP contribution in [0.25, 0.3) is 0 Å². The van der Waals surface area contributed by atoms with E-state index in [1.807, 2.05) is 12.1 Å². The molecule has 5 rings (SSSR count). The zero-order valence-corrected chi connectivity index (χ0v) is 18.7.